The fraction of sp³-hybridized carbons (Fsp3) is 0.235. The molecule has 2 aromatic rings. The third kappa shape index (κ3) is 3.76. The Morgan fingerprint density at radius 1 is 1.14 bits per heavy atom. The molecule has 1 unspecified atom stereocenters. The van der Waals surface area contributed by atoms with Gasteiger partial charge in [0, 0.05) is 0 Å². The molecule has 0 amide bonds. The summed E-state index contributed by atoms with van der Waals surface area (Å²) >= 11 is 5.87. The summed E-state index contributed by atoms with van der Waals surface area (Å²) in [5, 5.41) is 19.1. The van der Waals surface area contributed by atoms with E-state index in [1.807, 2.05) is 24.3 Å². The number of aromatic hydroxyl groups is 1. The van der Waals surface area contributed by atoms with Crippen molar-refractivity contribution in [1.29, 1.82) is 0 Å². The minimum atomic E-state index is -0.872. The van der Waals surface area contributed by atoms with E-state index in [2.05, 4.69) is 6.92 Å². The molecule has 0 saturated heterocycles. The highest BCUT2D eigenvalue weighted by molar-refractivity contribution is 6.32. The van der Waals surface area contributed by atoms with Crippen LogP contribution in [0.5, 0.6) is 5.75 Å². The molecule has 0 heterocycles. The van der Waals surface area contributed by atoms with Gasteiger partial charge >= 0.3 is 5.97 Å². The van der Waals surface area contributed by atoms with E-state index < -0.39 is 11.9 Å². The lowest BCUT2D eigenvalue weighted by atomic mass is 9.91. The second-order valence-electron chi connectivity index (χ2n) is 4.98. The second kappa shape index (κ2) is 6.64. The van der Waals surface area contributed by atoms with Crippen LogP contribution >= 0.6 is 11.6 Å². The summed E-state index contributed by atoms with van der Waals surface area (Å²) in [6, 6.07) is 12.4. The van der Waals surface area contributed by atoms with Crippen molar-refractivity contribution in [2.75, 3.05) is 0 Å². The van der Waals surface area contributed by atoms with Gasteiger partial charge < -0.3 is 10.2 Å². The molecular formula is C17H17ClO3. The lowest BCUT2D eigenvalue weighted by Gasteiger charge is -2.14. The van der Waals surface area contributed by atoms with Crippen LogP contribution in [0.15, 0.2) is 42.5 Å². The molecule has 0 spiro atoms. The Morgan fingerprint density at radius 2 is 1.76 bits per heavy atom. The normalized spacial score (nSPS) is 12.1. The van der Waals surface area contributed by atoms with Crippen molar-refractivity contribution in [3.8, 4) is 5.75 Å². The Labute approximate surface area is 128 Å². The molecule has 4 heteroatoms. The maximum absolute atomic E-state index is 11.5. The number of benzene rings is 2. The van der Waals surface area contributed by atoms with Gasteiger partial charge in [0.2, 0.25) is 0 Å². The molecule has 3 nitrogen and oxygen atoms in total. The van der Waals surface area contributed by atoms with E-state index >= 15 is 0 Å². The summed E-state index contributed by atoms with van der Waals surface area (Å²) in [7, 11) is 0. The minimum Gasteiger partial charge on any atom is -0.506 e. The molecule has 0 bridgehead atoms. The molecule has 2 rings (SSSR count). The van der Waals surface area contributed by atoms with Crippen molar-refractivity contribution < 1.29 is 15.0 Å². The maximum atomic E-state index is 11.5. The predicted octanol–water partition coefficient (Wildman–Crippen LogP) is 4.02. The van der Waals surface area contributed by atoms with Crippen LogP contribution in [-0.4, -0.2) is 16.2 Å². The zero-order chi connectivity index (χ0) is 15.4. The van der Waals surface area contributed by atoms with Gasteiger partial charge in [0.05, 0.1) is 10.9 Å². The van der Waals surface area contributed by atoms with Crippen LogP contribution in [0, 0.1) is 0 Å². The number of hydrogen-bond donors (Lipinski definition) is 2. The summed E-state index contributed by atoms with van der Waals surface area (Å²) in [6.07, 6.45) is 1.26. The van der Waals surface area contributed by atoms with Gasteiger partial charge in [0.15, 0.2) is 0 Å². The Morgan fingerprint density at radius 3 is 2.29 bits per heavy atom. The molecule has 0 aromatic heterocycles. The summed E-state index contributed by atoms with van der Waals surface area (Å²) in [4.78, 5) is 11.5. The SMILES string of the molecule is CCc1ccc(C(Cc2ccc(O)c(Cl)c2)C(=O)O)cc1. The molecule has 2 aromatic carbocycles. The highest BCUT2D eigenvalue weighted by Crippen LogP contribution is 2.27. The van der Waals surface area contributed by atoms with Gasteiger partial charge in [0.1, 0.15) is 5.75 Å². The lowest BCUT2D eigenvalue weighted by Crippen LogP contribution is -2.14. The number of rotatable bonds is 5. The highest BCUT2D eigenvalue weighted by Gasteiger charge is 2.20. The Bertz CT molecular complexity index is 635. The Kier molecular flexibility index (Phi) is 4.86. The number of phenols is 1. The monoisotopic (exact) mass is 304 g/mol. The van der Waals surface area contributed by atoms with Crippen molar-refractivity contribution in [1.82, 2.24) is 0 Å². The average molecular weight is 305 g/mol. The van der Waals surface area contributed by atoms with Crippen LogP contribution in [0.1, 0.15) is 29.5 Å². The van der Waals surface area contributed by atoms with Gasteiger partial charge in [-0.1, -0.05) is 48.9 Å². The van der Waals surface area contributed by atoms with Gasteiger partial charge in [-0.2, -0.15) is 0 Å². The molecule has 0 aliphatic heterocycles. The zero-order valence-electron chi connectivity index (χ0n) is 11.7. The van der Waals surface area contributed by atoms with Crippen molar-refractivity contribution in [2.24, 2.45) is 0 Å². The number of phenolic OH excluding ortho intramolecular Hbond substituents is 1. The molecule has 0 aliphatic rings. The molecule has 110 valence electrons. The van der Waals surface area contributed by atoms with E-state index in [4.69, 9.17) is 11.6 Å². The van der Waals surface area contributed by atoms with Gasteiger partial charge in [-0.05, 0) is 41.7 Å². The zero-order valence-corrected chi connectivity index (χ0v) is 12.5. The first-order valence-corrected chi connectivity index (χ1v) is 7.18. The van der Waals surface area contributed by atoms with E-state index in [1.165, 1.54) is 11.6 Å². The quantitative estimate of drug-likeness (QED) is 0.877. The van der Waals surface area contributed by atoms with E-state index in [9.17, 15) is 15.0 Å². The lowest BCUT2D eigenvalue weighted by molar-refractivity contribution is -0.138. The van der Waals surface area contributed by atoms with Crippen molar-refractivity contribution in [2.45, 2.75) is 25.7 Å². The van der Waals surface area contributed by atoms with E-state index in [-0.39, 0.29) is 10.8 Å². The van der Waals surface area contributed by atoms with Crippen LogP contribution in [0.4, 0.5) is 0 Å². The number of halogens is 1. The minimum absolute atomic E-state index is 0.000379. The standard InChI is InChI=1S/C17H17ClO3/c1-2-11-3-6-13(7-4-11)14(17(20)21)9-12-5-8-16(19)15(18)10-12/h3-8,10,14,19H,2,9H2,1H3,(H,20,21). The molecule has 2 N–H and O–H groups in total. The fourth-order valence-corrected chi connectivity index (χ4v) is 2.45. The summed E-state index contributed by atoms with van der Waals surface area (Å²) in [6.45, 7) is 2.06. The number of carbonyl (C=O) groups is 1. The van der Waals surface area contributed by atoms with Gasteiger partial charge in [0.25, 0.3) is 0 Å². The first-order chi connectivity index (χ1) is 10.0. The molecule has 21 heavy (non-hydrogen) atoms. The van der Waals surface area contributed by atoms with Crippen molar-refractivity contribution >= 4 is 17.6 Å². The molecule has 0 fully saturated rings. The molecule has 1 atom stereocenters. The van der Waals surface area contributed by atoms with Gasteiger partial charge in [-0.15, -0.1) is 0 Å². The number of aryl methyl sites for hydroxylation is 1. The number of carboxylic acids is 1. The maximum Gasteiger partial charge on any atom is 0.311 e. The molecule has 0 radical (unpaired) electrons. The molecule has 0 aliphatic carbocycles. The Balaban J connectivity index is 2.26. The first kappa shape index (κ1) is 15.4. The second-order valence-corrected chi connectivity index (χ2v) is 5.38. The predicted molar refractivity (Wildman–Crippen MR) is 83.0 cm³/mol. The number of carboxylic acid groups (broad SMARTS) is 1. The largest absolute Gasteiger partial charge is 0.506 e. The highest BCUT2D eigenvalue weighted by atomic mass is 35.5. The third-order valence-corrected chi connectivity index (χ3v) is 3.84. The van der Waals surface area contributed by atoms with Crippen molar-refractivity contribution in [3.63, 3.8) is 0 Å². The smallest absolute Gasteiger partial charge is 0.311 e. The third-order valence-electron chi connectivity index (χ3n) is 3.54. The number of hydrogen-bond acceptors (Lipinski definition) is 2. The average Bonchev–Trinajstić information content (AvgIpc) is 2.48. The van der Waals surface area contributed by atoms with Crippen molar-refractivity contribution in [3.05, 3.63) is 64.2 Å². The fourth-order valence-electron chi connectivity index (χ4n) is 2.25. The topological polar surface area (TPSA) is 57.5 Å². The Hall–Kier alpha value is -2.00. The van der Waals surface area contributed by atoms with E-state index in [1.54, 1.807) is 12.1 Å². The summed E-state index contributed by atoms with van der Waals surface area (Å²) in [5.41, 5.74) is 2.73. The first-order valence-electron chi connectivity index (χ1n) is 6.80. The van der Waals surface area contributed by atoms with Crippen LogP contribution in [0.2, 0.25) is 5.02 Å². The van der Waals surface area contributed by atoms with Crippen LogP contribution < -0.4 is 0 Å². The van der Waals surface area contributed by atoms with E-state index in [0.717, 1.165) is 17.5 Å². The molecular weight excluding hydrogens is 288 g/mol. The van der Waals surface area contributed by atoms with Crippen LogP contribution in [-0.2, 0) is 17.6 Å². The summed E-state index contributed by atoms with van der Waals surface area (Å²) in [5.74, 6) is -1.50. The summed E-state index contributed by atoms with van der Waals surface area (Å²) < 4.78 is 0. The van der Waals surface area contributed by atoms with Crippen LogP contribution in [0.3, 0.4) is 0 Å². The number of aliphatic carboxylic acids is 1. The van der Waals surface area contributed by atoms with Gasteiger partial charge in [-0.3, -0.25) is 4.79 Å². The van der Waals surface area contributed by atoms with E-state index in [0.29, 0.717) is 6.42 Å². The molecule has 0 saturated carbocycles. The van der Waals surface area contributed by atoms with Gasteiger partial charge in [-0.25, -0.2) is 0 Å². The van der Waals surface area contributed by atoms with Crippen LogP contribution in [0.25, 0.3) is 0 Å².